The molecule has 1 atom stereocenters. The molecule has 0 spiro atoms. The zero-order valence-electron chi connectivity index (χ0n) is 9.83. The molecule has 0 fully saturated rings. The molecular weight excluding hydrogens is 231 g/mol. The van der Waals surface area contributed by atoms with Crippen molar-refractivity contribution in [3.63, 3.8) is 0 Å². The van der Waals surface area contributed by atoms with Gasteiger partial charge in [0.15, 0.2) is 0 Å². The van der Waals surface area contributed by atoms with E-state index in [1.807, 2.05) is 13.8 Å². The molecule has 1 N–H and O–H groups in total. The van der Waals surface area contributed by atoms with Gasteiger partial charge in [-0.3, -0.25) is 4.98 Å². The Morgan fingerprint density at radius 3 is 2.53 bits per heavy atom. The van der Waals surface area contributed by atoms with Gasteiger partial charge in [0.05, 0.1) is 11.7 Å². The summed E-state index contributed by atoms with van der Waals surface area (Å²) < 4.78 is 37.9. The molecule has 0 saturated carbocycles. The van der Waals surface area contributed by atoms with E-state index in [-0.39, 0.29) is 17.9 Å². The number of aliphatic hydroxyl groups excluding tert-OH is 1. The van der Waals surface area contributed by atoms with Crippen LogP contribution in [0.15, 0.2) is 18.5 Å². The summed E-state index contributed by atoms with van der Waals surface area (Å²) in [5.41, 5.74) is -0.525. The molecule has 0 aromatic carbocycles. The summed E-state index contributed by atoms with van der Waals surface area (Å²) in [7, 11) is 0. The fraction of sp³-hybridized carbons (Fsp3) is 0.583. The first-order valence-corrected chi connectivity index (χ1v) is 5.50. The lowest BCUT2D eigenvalue weighted by atomic mass is 9.98. The van der Waals surface area contributed by atoms with E-state index in [0.717, 1.165) is 12.3 Å². The van der Waals surface area contributed by atoms with E-state index in [9.17, 15) is 18.3 Å². The number of alkyl halides is 3. The van der Waals surface area contributed by atoms with Crippen LogP contribution in [0.3, 0.4) is 0 Å². The summed E-state index contributed by atoms with van der Waals surface area (Å²) in [5.74, 6) is 0.0426. The minimum atomic E-state index is -4.36. The largest absolute Gasteiger partial charge is 0.416 e. The van der Waals surface area contributed by atoms with Gasteiger partial charge in [-0.2, -0.15) is 13.2 Å². The number of hydrogen-bond donors (Lipinski definition) is 1. The smallest absolute Gasteiger partial charge is 0.393 e. The zero-order valence-corrected chi connectivity index (χ0v) is 9.83. The lowest BCUT2D eigenvalue weighted by molar-refractivity contribution is -0.138. The average molecular weight is 247 g/mol. The van der Waals surface area contributed by atoms with Crippen molar-refractivity contribution >= 4 is 0 Å². The lowest BCUT2D eigenvalue weighted by Gasteiger charge is -2.16. The van der Waals surface area contributed by atoms with Crippen molar-refractivity contribution in [2.24, 2.45) is 5.92 Å². The van der Waals surface area contributed by atoms with Crippen LogP contribution < -0.4 is 0 Å². The van der Waals surface area contributed by atoms with E-state index in [0.29, 0.717) is 6.42 Å². The first-order chi connectivity index (χ1) is 7.82. The molecule has 1 heterocycles. The van der Waals surface area contributed by atoms with Crippen LogP contribution in [-0.2, 0) is 12.6 Å². The Kier molecular flexibility index (Phi) is 4.51. The molecule has 0 bridgehead atoms. The Morgan fingerprint density at radius 2 is 2.00 bits per heavy atom. The van der Waals surface area contributed by atoms with Crippen LogP contribution in [0.1, 0.15) is 31.4 Å². The summed E-state index contributed by atoms with van der Waals surface area (Å²) >= 11 is 0. The van der Waals surface area contributed by atoms with Gasteiger partial charge in [-0.05, 0) is 30.4 Å². The van der Waals surface area contributed by atoms with Crippen LogP contribution >= 0.6 is 0 Å². The molecule has 0 radical (unpaired) electrons. The van der Waals surface area contributed by atoms with E-state index < -0.39 is 17.8 Å². The number of rotatable bonds is 4. The number of aryl methyl sites for hydroxylation is 1. The highest BCUT2D eigenvalue weighted by molar-refractivity contribution is 5.26. The van der Waals surface area contributed by atoms with Crippen molar-refractivity contribution in [1.29, 1.82) is 0 Å². The Morgan fingerprint density at radius 1 is 1.35 bits per heavy atom. The molecule has 0 saturated heterocycles. The van der Waals surface area contributed by atoms with E-state index in [4.69, 9.17) is 0 Å². The number of nitrogens with zero attached hydrogens (tertiary/aromatic N) is 1. The quantitative estimate of drug-likeness (QED) is 0.887. The molecule has 0 aliphatic carbocycles. The molecule has 0 aliphatic heterocycles. The molecule has 1 aromatic heterocycles. The number of aliphatic hydroxyl groups is 1. The van der Waals surface area contributed by atoms with Crippen LogP contribution in [0.4, 0.5) is 13.2 Å². The van der Waals surface area contributed by atoms with Crippen molar-refractivity contribution in [1.82, 2.24) is 4.98 Å². The Hall–Kier alpha value is -1.10. The van der Waals surface area contributed by atoms with Crippen LogP contribution in [0.5, 0.6) is 0 Å². The van der Waals surface area contributed by atoms with Gasteiger partial charge in [0.1, 0.15) is 0 Å². The number of halogens is 3. The maximum atomic E-state index is 12.6. The maximum Gasteiger partial charge on any atom is 0.416 e. The number of hydrogen-bond acceptors (Lipinski definition) is 2. The van der Waals surface area contributed by atoms with Crippen LogP contribution in [0, 0.1) is 5.92 Å². The third kappa shape index (κ3) is 4.00. The second kappa shape index (κ2) is 5.49. The standard InChI is InChI=1S/C12H16F3NO/c1-8(2)11(17)4-3-9-7-16-6-5-10(9)12(13,14)15/h5-8,11,17H,3-4H2,1-2H3. The molecule has 96 valence electrons. The third-order valence-corrected chi connectivity index (χ3v) is 2.69. The van der Waals surface area contributed by atoms with Gasteiger partial charge in [0.25, 0.3) is 0 Å². The first kappa shape index (κ1) is 14.0. The van der Waals surface area contributed by atoms with Gasteiger partial charge in [0, 0.05) is 12.4 Å². The van der Waals surface area contributed by atoms with E-state index in [1.54, 1.807) is 0 Å². The van der Waals surface area contributed by atoms with Crippen LogP contribution in [0.25, 0.3) is 0 Å². The normalized spacial score (nSPS) is 14.1. The molecule has 1 aromatic rings. The Balaban J connectivity index is 2.78. The first-order valence-electron chi connectivity index (χ1n) is 5.50. The number of pyridine rings is 1. The Labute approximate surface area is 98.5 Å². The van der Waals surface area contributed by atoms with Crippen molar-refractivity contribution in [3.05, 3.63) is 29.6 Å². The monoisotopic (exact) mass is 247 g/mol. The summed E-state index contributed by atoms with van der Waals surface area (Å²) in [6.07, 6.45) is -2.10. The van der Waals surface area contributed by atoms with Gasteiger partial charge < -0.3 is 5.11 Å². The van der Waals surface area contributed by atoms with Crippen LogP contribution in [0.2, 0.25) is 0 Å². The molecular formula is C12H16F3NO. The molecule has 1 rings (SSSR count). The van der Waals surface area contributed by atoms with Gasteiger partial charge in [-0.1, -0.05) is 13.8 Å². The second-order valence-electron chi connectivity index (χ2n) is 4.38. The Bertz CT molecular complexity index is 363. The lowest BCUT2D eigenvalue weighted by Crippen LogP contribution is -2.17. The number of aromatic nitrogens is 1. The predicted molar refractivity (Wildman–Crippen MR) is 58.4 cm³/mol. The van der Waals surface area contributed by atoms with E-state index >= 15 is 0 Å². The SMILES string of the molecule is CC(C)C(O)CCc1cnccc1C(F)(F)F. The highest BCUT2D eigenvalue weighted by Crippen LogP contribution is 2.32. The second-order valence-corrected chi connectivity index (χ2v) is 4.38. The van der Waals surface area contributed by atoms with Gasteiger partial charge in [-0.25, -0.2) is 0 Å². The molecule has 2 nitrogen and oxygen atoms in total. The zero-order chi connectivity index (χ0) is 13.1. The summed E-state index contributed by atoms with van der Waals surface area (Å²) in [6, 6.07) is 0.969. The summed E-state index contributed by atoms with van der Waals surface area (Å²) in [5, 5.41) is 9.58. The minimum absolute atomic E-state index is 0.0426. The van der Waals surface area contributed by atoms with E-state index in [1.165, 1.54) is 6.20 Å². The van der Waals surface area contributed by atoms with Crippen molar-refractivity contribution < 1.29 is 18.3 Å². The van der Waals surface area contributed by atoms with Crippen molar-refractivity contribution in [3.8, 4) is 0 Å². The molecule has 17 heavy (non-hydrogen) atoms. The fourth-order valence-electron chi connectivity index (χ4n) is 1.54. The van der Waals surface area contributed by atoms with Crippen molar-refractivity contribution in [2.45, 2.75) is 39.0 Å². The minimum Gasteiger partial charge on any atom is -0.393 e. The third-order valence-electron chi connectivity index (χ3n) is 2.69. The van der Waals surface area contributed by atoms with E-state index in [2.05, 4.69) is 4.98 Å². The summed E-state index contributed by atoms with van der Waals surface area (Å²) in [4.78, 5) is 3.70. The molecule has 1 unspecified atom stereocenters. The fourth-order valence-corrected chi connectivity index (χ4v) is 1.54. The van der Waals surface area contributed by atoms with Crippen molar-refractivity contribution in [2.75, 3.05) is 0 Å². The maximum absolute atomic E-state index is 12.6. The molecule has 5 heteroatoms. The summed E-state index contributed by atoms with van der Waals surface area (Å²) in [6.45, 7) is 3.66. The highest BCUT2D eigenvalue weighted by Gasteiger charge is 2.33. The topological polar surface area (TPSA) is 33.1 Å². The molecule has 0 aliphatic rings. The average Bonchev–Trinajstić information content (AvgIpc) is 2.24. The molecule has 0 amide bonds. The van der Waals surface area contributed by atoms with Gasteiger partial charge in [-0.15, -0.1) is 0 Å². The van der Waals surface area contributed by atoms with Gasteiger partial charge >= 0.3 is 6.18 Å². The highest BCUT2D eigenvalue weighted by atomic mass is 19.4. The van der Waals surface area contributed by atoms with Crippen LogP contribution in [-0.4, -0.2) is 16.2 Å². The predicted octanol–water partition coefficient (Wildman–Crippen LogP) is 3.05. The van der Waals surface area contributed by atoms with Gasteiger partial charge in [0.2, 0.25) is 0 Å².